The largest absolute Gasteiger partial charge is 0.341 e. The van der Waals surface area contributed by atoms with Gasteiger partial charge in [0, 0.05) is 45.1 Å². The number of hydrogen-bond donors (Lipinski definition) is 1. The van der Waals surface area contributed by atoms with Crippen molar-refractivity contribution in [2.75, 3.05) is 26.2 Å². The first-order valence-corrected chi connectivity index (χ1v) is 8.37. The lowest BCUT2D eigenvalue weighted by atomic mass is 10.0. The molecule has 1 atom stereocenters. The summed E-state index contributed by atoms with van der Waals surface area (Å²) in [6.45, 7) is 4.72. The first kappa shape index (κ1) is 16.3. The van der Waals surface area contributed by atoms with Crippen molar-refractivity contribution in [2.45, 2.75) is 57.9 Å². The molecular formula is C16H29N3O2. The van der Waals surface area contributed by atoms with E-state index in [2.05, 4.69) is 0 Å². The summed E-state index contributed by atoms with van der Waals surface area (Å²) in [6, 6.07) is -0.0964. The lowest BCUT2D eigenvalue weighted by molar-refractivity contribution is -0.134. The van der Waals surface area contributed by atoms with Crippen LogP contribution in [0.1, 0.15) is 51.9 Å². The average molecular weight is 295 g/mol. The van der Waals surface area contributed by atoms with Crippen LogP contribution in [0.2, 0.25) is 0 Å². The SMILES string of the molecule is CC(N)CC(=O)N1CCCN(C(=O)CC2CCCC2)CC1. The molecule has 2 rings (SSSR count). The van der Waals surface area contributed by atoms with E-state index in [0.717, 1.165) is 19.5 Å². The maximum absolute atomic E-state index is 12.4. The van der Waals surface area contributed by atoms with Crippen molar-refractivity contribution in [2.24, 2.45) is 11.7 Å². The normalized spacial score (nSPS) is 22.2. The topological polar surface area (TPSA) is 66.6 Å². The molecule has 5 heteroatoms. The molecule has 1 heterocycles. The fourth-order valence-electron chi connectivity index (χ4n) is 3.41. The number of amides is 2. The Labute approximate surface area is 127 Å². The second kappa shape index (κ2) is 7.78. The van der Waals surface area contributed by atoms with Gasteiger partial charge < -0.3 is 15.5 Å². The van der Waals surface area contributed by atoms with Gasteiger partial charge in [0.15, 0.2) is 0 Å². The summed E-state index contributed by atoms with van der Waals surface area (Å²) in [6.07, 6.45) is 6.94. The third-order valence-electron chi connectivity index (χ3n) is 4.64. The van der Waals surface area contributed by atoms with E-state index in [9.17, 15) is 9.59 Å². The first-order valence-electron chi connectivity index (χ1n) is 8.37. The van der Waals surface area contributed by atoms with E-state index in [0.29, 0.717) is 31.8 Å². The van der Waals surface area contributed by atoms with E-state index in [1.54, 1.807) is 0 Å². The standard InChI is InChI=1S/C16H29N3O2/c1-13(17)11-15(20)18-7-4-8-19(10-9-18)16(21)12-14-5-2-3-6-14/h13-14H,2-12,17H2,1H3. The maximum atomic E-state index is 12.4. The minimum absolute atomic E-state index is 0.0964. The lowest BCUT2D eigenvalue weighted by Gasteiger charge is -2.23. The molecule has 1 unspecified atom stereocenters. The molecule has 0 aromatic rings. The molecule has 21 heavy (non-hydrogen) atoms. The summed E-state index contributed by atoms with van der Waals surface area (Å²) >= 11 is 0. The molecule has 0 bridgehead atoms. The summed E-state index contributed by atoms with van der Waals surface area (Å²) < 4.78 is 0. The zero-order chi connectivity index (χ0) is 15.2. The van der Waals surface area contributed by atoms with Crippen molar-refractivity contribution in [1.82, 2.24) is 9.80 Å². The van der Waals surface area contributed by atoms with E-state index in [4.69, 9.17) is 5.73 Å². The molecule has 1 aliphatic carbocycles. The Bertz CT molecular complexity index is 365. The molecule has 0 aromatic heterocycles. The predicted octanol–water partition coefficient (Wildman–Crippen LogP) is 1.36. The number of hydrogen-bond acceptors (Lipinski definition) is 3. The zero-order valence-corrected chi connectivity index (χ0v) is 13.2. The van der Waals surface area contributed by atoms with Gasteiger partial charge in [0.05, 0.1) is 0 Å². The average Bonchev–Trinajstić information content (AvgIpc) is 2.79. The molecule has 2 fully saturated rings. The van der Waals surface area contributed by atoms with Crippen LogP contribution in [0.3, 0.4) is 0 Å². The van der Waals surface area contributed by atoms with Crippen LogP contribution in [0.4, 0.5) is 0 Å². The number of rotatable bonds is 4. The van der Waals surface area contributed by atoms with Crippen molar-refractivity contribution in [3.8, 4) is 0 Å². The molecule has 1 saturated carbocycles. The Morgan fingerprint density at radius 2 is 1.57 bits per heavy atom. The quantitative estimate of drug-likeness (QED) is 0.851. The van der Waals surface area contributed by atoms with Gasteiger partial charge in [-0.3, -0.25) is 9.59 Å². The van der Waals surface area contributed by atoms with Gasteiger partial charge in [0.2, 0.25) is 11.8 Å². The highest BCUT2D eigenvalue weighted by molar-refractivity contribution is 5.78. The molecule has 0 spiro atoms. The Balaban J connectivity index is 1.79. The van der Waals surface area contributed by atoms with E-state index < -0.39 is 0 Å². The summed E-state index contributed by atoms with van der Waals surface area (Å²) in [7, 11) is 0. The minimum atomic E-state index is -0.0964. The Morgan fingerprint density at radius 3 is 2.14 bits per heavy atom. The van der Waals surface area contributed by atoms with Crippen molar-refractivity contribution < 1.29 is 9.59 Å². The third-order valence-corrected chi connectivity index (χ3v) is 4.64. The van der Waals surface area contributed by atoms with Crippen molar-refractivity contribution in [1.29, 1.82) is 0 Å². The van der Waals surface area contributed by atoms with Gasteiger partial charge in [-0.15, -0.1) is 0 Å². The van der Waals surface area contributed by atoms with Gasteiger partial charge in [-0.1, -0.05) is 12.8 Å². The first-order chi connectivity index (χ1) is 10.1. The Hall–Kier alpha value is -1.10. The Morgan fingerprint density at radius 1 is 1.00 bits per heavy atom. The van der Waals surface area contributed by atoms with Crippen LogP contribution in [-0.2, 0) is 9.59 Å². The van der Waals surface area contributed by atoms with Crippen LogP contribution in [-0.4, -0.2) is 53.8 Å². The molecule has 2 amide bonds. The van der Waals surface area contributed by atoms with E-state index in [1.807, 2.05) is 16.7 Å². The van der Waals surface area contributed by atoms with Crippen LogP contribution in [0.15, 0.2) is 0 Å². The fraction of sp³-hybridized carbons (Fsp3) is 0.875. The number of nitrogens with zero attached hydrogens (tertiary/aromatic N) is 2. The minimum Gasteiger partial charge on any atom is -0.341 e. The highest BCUT2D eigenvalue weighted by Gasteiger charge is 2.25. The van der Waals surface area contributed by atoms with Crippen molar-refractivity contribution in [3.63, 3.8) is 0 Å². The molecule has 5 nitrogen and oxygen atoms in total. The number of carbonyl (C=O) groups is 2. The second-order valence-electron chi connectivity index (χ2n) is 6.65. The van der Waals surface area contributed by atoms with Gasteiger partial charge in [0.25, 0.3) is 0 Å². The fourth-order valence-corrected chi connectivity index (χ4v) is 3.41. The molecular weight excluding hydrogens is 266 g/mol. The van der Waals surface area contributed by atoms with Crippen molar-refractivity contribution >= 4 is 11.8 Å². The molecule has 2 aliphatic rings. The number of carbonyl (C=O) groups excluding carboxylic acids is 2. The molecule has 2 N–H and O–H groups in total. The third kappa shape index (κ3) is 4.99. The van der Waals surface area contributed by atoms with Crippen LogP contribution >= 0.6 is 0 Å². The summed E-state index contributed by atoms with van der Waals surface area (Å²) in [5.41, 5.74) is 5.69. The van der Waals surface area contributed by atoms with Gasteiger partial charge in [-0.05, 0) is 32.1 Å². The van der Waals surface area contributed by atoms with Crippen LogP contribution < -0.4 is 5.73 Å². The monoisotopic (exact) mass is 295 g/mol. The van der Waals surface area contributed by atoms with Crippen molar-refractivity contribution in [3.05, 3.63) is 0 Å². The summed E-state index contributed by atoms with van der Waals surface area (Å²) in [5.74, 6) is 0.995. The maximum Gasteiger partial charge on any atom is 0.224 e. The molecule has 0 radical (unpaired) electrons. The van der Waals surface area contributed by atoms with Crippen LogP contribution in [0.25, 0.3) is 0 Å². The van der Waals surface area contributed by atoms with E-state index >= 15 is 0 Å². The van der Waals surface area contributed by atoms with Crippen LogP contribution in [0.5, 0.6) is 0 Å². The van der Waals surface area contributed by atoms with Crippen LogP contribution in [0, 0.1) is 5.92 Å². The Kier molecular flexibility index (Phi) is 6.03. The molecule has 0 aromatic carbocycles. The second-order valence-corrected chi connectivity index (χ2v) is 6.65. The molecule has 1 aliphatic heterocycles. The van der Waals surface area contributed by atoms with Gasteiger partial charge in [-0.2, -0.15) is 0 Å². The van der Waals surface area contributed by atoms with E-state index in [-0.39, 0.29) is 17.9 Å². The van der Waals surface area contributed by atoms with E-state index in [1.165, 1.54) is 25.7 Å². The van der Waals surface area contributed by atoms with Gasteiger partial charge >= 0.3 is 0 Å². The lowest BCUT2D eigenvalue weighted by Crippen LogP contribution is -2.39. The highest BCUT2D eigenvalue weighted by Crippen LogP contribution is 2.28. The summed E-state index contributed by atoms with van der Waals surface area (Å²) in [4.78, 5) is 28.2. The zero-order valence-electron chi connectivity index (χ0n) is 13.2. The highest BCUT2D eigenvalue weighted by atomic mass is 16.2. The molecule has 120 valence electrons. The molecule has 1 saturated heterocycles. The predicted molar refractivity (Wildman–Crippen MR) is 82.6 cm³/mol. The van der Waals surface area contributed by atoms with Gasteiger partial charge in [-0.25, -0.2) is 0 Å². The number of nitrogens with two attached hydrogens (primary N) is 1. The van der Waals surface area contributed by atoms with Gasteiger partial charge in [0.1, 0.15) is 0 Å². The smallest absolute Gasteiger partial charge is 0.224 e. The summed E-state index contributed by atoms with van der Waals surface area (Å²) in [5, 5.41) is 0.